The number of halogens is 2. The Balaban J connectivity index is 2.20. The van der Waals surface area contributed by atoms with Gasteiger partial charge in [0.1, 0.15) is 11.5 Å². The molecule has 1 N–H and O–H groups in total. The second-order valence-electron chi connectivity index (χ2n) is 4.05. The molecule has 1 aromatic carbocycles. The minimum Gasteiger partial charge on any atom is -0.477 e. The van der Waals surface area contributed by atoms with Crippen molar-refractivity contribution in [3.63, 3.8) is 0 Å². The highest BCUT2D eigenvalue weighted by molar-refractivity contribution is 6.36. The maximum atomic E-state index is 13.3. The molecular weight excluding hydrogens is 275 g/mol. The molecule has 1 aliphatic rings. The largest absolute Gasteiger partial charge is 0.477 e. The van der Waals surface area contributed by atoms with Crippen molar-refractivity contribution >= 4 is 29.2 Å². The van der Waals surface area contributed by atoms with Gasteiger partial charge in [-0.25, -0.2) is 14.2 Å². The first-order valence-electron chi connectivity index (χ1n) is 5.52. The lowest BCUT2D eigenvalue weighted by Gasteiger charge is -2.22. The van der Waals surface area contributed by atoms with E-state index >= 15 is 0 Å². The van der Waals surface area contributed by atoms with E-state index in [-0.39, 0.29) is 36.0 Å². The zero-order valence-electron chi connectivity index (χ0n) is 9.77. The first-order chi connectivity index (χ1) is 8.97. The van der Waals surface area contributed by atoms with E-state index in [1.807, 2.05) is 0 Å². The van der Waals surface area contributed by atoms with E-state index in [9.17, 15) is 14.0 Å². The van der Waals surface area contributed by atoms with Crippen LogP contribution in [0, 0.1) is 5.82 Å². The summed E-state index contributed by atoms with van der Waals surface area (Å²) < 4.78 is 13.3. The molecule has 0 saturated heterocycles. The lowest BCUT2D eigenvalue weighted by atomic mass is 10.1. The first-order valence-corrected chi connectivity index (χ1v) is 5.90. The number of amides is 1. The number of hydrogen-bond acceptors (Lipinski definition) is 3. The van der Waals surface area contributed by atoms with E-state index < -0.39 is 11.8 Å². The topological polar surface area (TPSA) is 70.0 Å². The molecule has 7 heteroatoms. The Morgan fingerprint density at radius 1 is 1.47 bits per heavy atom. The monoisotopic (exact) mass is 284 g/mol. The predicted molar refractivity (Wildman–Crippen MR) is 66.3 cm³/mol. The summed E-state index contributed by atoms with van der Waals surface area (Å²) in [5.41, 5.74) is 0.416. The number of carbonyl (C=O) groups excluding carboxylic acids is 1. The minimum atomic E-state index is -1.15. The summed E-state index contributed by atoms with van der Waals surface area (Å²) >= 11 is 5.56. The van der Waals surface area contributed by atoms with Gasteiger partial charge >= 0.3 is 5.97 Å². The van der Waals surface area contributed by atoms with Crippen molar-refractivity contribution < 1.29 is 19.1 Å². The molecule has 1 heterocycles. The number of nitrogens with zero attached hydrogens (tertiary/aromatic N) is 2. The van der Waals surface area contributed by atoms with Gasteiger partial charge in [0.2, 0.25) is 5.91 Å². The summed E-state index contributed by atoms with van der Waals surface area (Å²) in [5, 5.41) is 13.6. The van der Waals surface area contributed by atoms with Gasteiger partial charge < -0.3 is 5.11 Å². The molecule has 0 unspecified atom stereocenters. The van der Waals surface area contributed by atoms with Crippen molar-refractivity contribution in [2.45, 2.75) is 19.4 Å². The third kappa shape index (κ3) is 3.08. The molecule has 0 radical (unpaired) electrons. The summed E-state index contributed by atoms with van der Waals surface area (Å²) in [6.45, 7) is 0.0176. The van der Waals surface area contributed by atoms with Gasteiger partial charge in [0, 0.05) is 12.8 Å². The third-order valence-electron chi connectivity index (χ3n) is 2.67. The fourth-order valence-corrected chi connectivity index (χ4v) is 1.81. The van der Waals surface area contributed by atoms with E-state index in [1.165, 1.54) is 12.1 Å². The Bertz CT molecular complexity index is 574. The predicted octanol–water partition coefficient (Wildman–Crippen LogP) is 2.04. The van der Waals surface area contributed by atoms with Gasteiger partial charge in [0.25, 0.3) is 0 Å². The quantitative estimate of drug-likeness (QED) is 0.923. The second-order valence-corrected chi connectivity index (χ2v) is 4.46. The molecule has 0 aromatic heterocycles. The van der Waals surface area contributed by atoms with Crippen LogP contribution in [0.15, 0.2) is 23.3 Å². The van der Waals surface area contributed by atoms with Gasteiger partial charge in [-0.2, -0.15) is 5.10 Å². The van der Waals surface area contributed by atoms with Crippen LogP contribution in [0.25, 0.3) is 0 Å². The number of hydrazone groups is 1. The molecule has 0 aliphatic carbocycles. The van der Waals surface area contributed by atoms with Gasteiger partial charge in [0.05, 0.1) is 11.6 Å². The number of carboxylic acids is 1. The lowest BCUT2D eigenvalue weighted by Crippen LogP contribution is -2.33. The van der Waals surface area contributed by atoms with E-state index in [0.29, 0.717) is 5.56 Å². The van der Waals surface area contributed by atoms with Crippen molar-refractivity contribution in [2.24, 2.45) is 5.10 Å². The van der Waals surface area contributed by atoms with Crippen LogP contribution in [-0.2, 0) is 16.1 Å². The molecule has 1 amide bonds. The summed E-state index contributed by atoms with van der Waals surface area (Å²) in [5.74, 6) is -2.04. The van der Waals surface area contributed by atoms with Crippen molar-refractivity contribution in [1.29, 1.82) is 0 Å². The molecule has 1 aromatic rings. The molecule has 0 atom stereocenters. The Labute approximate surface area is 113 Å². The Hall–Kier alpha value is -1.95. The molecule has 1 aliphatic heterocycles. The number of hydrogen-bond donors (Lipinski definition) is 1. The van der Waals surface area contributed by atoms with Crippen LogP contribution in [0.5, 0.6) is 0 Å². The number of benzene rings is 1. The van der Waals surface area contributed by atoms with Crippen LogP contribution in [0.4, 0.5) is 4.39 Å². The average Bonchev–Trinajstić information content (AvgIpc) is 2.36. The highest BCUT2D eigenvalue weighted by Crippen LogP contribution is 2.18. The minimum absolute atomic E-state index is 0.0107. The van der Waals surface area contributed by atoms with Gasteiger partial charge in [-0.3, -0.25) is 4.79 Å². The molecule has 0 spiro atoms. The normalized spacial score (nSPS) is 15.4. The average molecular weight is 285 g/mol. The fraction of sp³-hybridized carbons (Fsp3) is 0.250. The van der Waals surface area contributed by atoms with E-state index in [1.54, 1.807) is 6.07 Å². The third-order valence-corrected chi connectivity index (χ3v) is 2.97. The highest BCUT2D eigenvalue weighted by Gasteiger charge is 2.24. The highest BCUT2D eigenvalue weighted by atomic mass is 35.5. The summed E-state index contributed by atoms with van der Waals surface area (Å²) in [6, 6.07) is 4.13. The first kappa shape index (κ1) is 13.5. The molecule has 5 nitrogen and oxygen atoms in total. The van der Waals surface area contributed by atoms with E-state index in [2.05, 4.69) is 5.10 Å². The number of aliphatic carboxylic acids is 1. The zero-order chi connectivity index (χ0) is 14.0. The van der Waals surface area contributed by atoms with Gasteiger partial charge in [-0.05, 0) is 17.7 Å². The maximum absolute atomic E-state index is 13.3. The van der Waals surface area contributed by atoms with E-state index in [4.69, 9.17) is 16.7 Å². The molecule has 0 fully saturated rings. The number of rotatable bonds is 3. The SMILES string of the molecule is O=C(O)C1=NN(Cc2ccc(Cl)c(F)c2)C(=O)CC1. The Kier molecular flexibility index (Phi) is 3.80. The van der Waals surface area contributed by atoms with Crippen molar-refractivity contribution in [3.8, 4) is 0 Å². The van der Waals surface area contributed by atoms with Gasteiger partial charge in [-0.1, -0.05) is 17.7 Å². The summed E-state index contributed by atoms with van der Waals surface area (Å²) in [4.78, 5) is 22.4. The van der Waals surface area contributed by atoms with Crippen LogP contribution in [0.1, 0.15) is 18.4 Å². The van der Waals surface area contributed by atoms with Crippen molar-refractivity contribution in [1.82, 2.24) is 5.01 Å². The number of carbonyl (C=O) groups is 2. The van der Waals surface area contributed by atoms with Crippen LogP contribution < -0.4 is 0 Å². The maximum Gasteiger partial charge on any atom is 0.352 e. The Morgan fingerprint density at radius 2 is 2.21 bits per heavy atom. The molecule has 2 rings (SSSR count). The van der Waals surface area contributed by atoms with Crippen LogP contribution in [0.2, 0.25) is 5.02 Å². The molecule has 100 valence electrons. The zero-order valence-corrected chi connectivity index (χ0v) is 10.5. The molecule has 19 heavy (non-hydrogen) atoms. The lowest BCUT2D eigenvalue weighted by molar-refractivity contribution is -0.133. The second kappa shape index (κ2) is 5.36. The van der Waals surface area contributed by atoms with Crippen LogP contribution >= 0.6 is 11.6 Å². The summed E-state index contributed by atoms with van der Waals surface area (Å²) in [6.07, 6.45) is 0.195. The van der Waals surface area contributed by atoms with Gasteiger partial charge in [0.15, 0.2) is 0 Å². The smallest absolute Gasteiger partial charge is 0.352 e. The standard InChI is InChI=1S/C12H10ClFN2O3/c13-8-2-1-7(5-9(8)14)6-16-11(17)4-3-10(15-16)12(18)19/h1-2,5H,3-4,6H2,(H,18,19). The Morgan fingerprint density at radius 3 is 2.84 bits per heavy atom. The molecule has 0 saturated carbocycles. The van der Waals surface area contributed by atoms with Gasteiger partial charge in [-0.15, -0.1) is 0 Å². The van der Waals surface area contributed by atoms with Crippen LogP contribution in [0.3, 0.4) is 0 Å². The van der Waals surface area contributed by atoms with Crippen LogP contribution in [-0.4, -0.2) is 27.7 Å². The molecular formula is C12H10ClFN2O3. The van der Waals surface area contributed by atoms with Crippen molar-refractivity contribution in [3.05, 3.63) is 34.6 Å². The van der Waals surface area contributed by atoms with Crippen molar-refractivity contribution in [2.75, 3.05) is 0 Å². The van der Waals surface area contributed by atoms with E-state index in [0.717, 1.165) is 5.01 Å². The molecule has 0 bridgehead atoms. The number of carboxylic acid groups (broad SMARTS) is 1. The fourth-order valence-electron chi connectivity index (χ4n) is 1.69. The summed E-state index contributed by atoms with van der Waals surface area (Å²) in [7, 11) is 0.